The Labute approximate surface area is 111 Å². The van der Waals surface area contributed by atoms with Crippen molar-refractivity contribution in [2.24, 2.45) is 0 Å². The number of hydrogen-bond acceptors (Lipinski definition) is 3. The van der Waals surface area contributed by atoms with Crippen molar-refractivity contribution >= 4 is 11.5 Å². The Morgan fingerprint density at radius 3 is 2.68 bits per heavy atom. The predicted octanol–water partition coefficient (Wildman–Crippen LogP) is 2.97. The molecule has 0 radical (unpaired) electrons. The molecule has 3 nitrogen and oxygen atoms in total. The van der Waals surface area contributed by atoms with Gasteiger partial charge in [0.1, 0.15) is 0 Å². The van der Waals surface area contributed by atoms with E-state index in [1.54, 1.807) is 12.3 Å². The van der Waals surface area contributed by atoms with Gasteiger partial charge in [0.25, 0.3) is 0 Å². The summed E-state index contributed by atoms with van der Waals surface area (Å²) in [5, 5.41) is 0. The largest absolute Gasteiger partial charge is 0.398 e. The number of anilines is 2. The van der Waals surface area contributed by atoms with E-state index in [1.165, 1.54) is 6.07 Å². The zero-order chi connectivity index (χ0) is 13.2. The van der Waals surface area contributed by atoms with Crippen LogP contribution in [-0.2, 0) is 6.54 Å². The van der Waals surface area contributed by atoms with E-state index in [-0.39, 0.29) is 5.82 Å². The van der Waals surface area contributed by atoms with E-state index in [2.05, 4.69) is 4.98 Å². The Bertz CT molecular complexity index is 581. The van der Waals surface area contributed by atoms with Gasteiger partial charge >= 0.3 is 0 Å². The first-order valence-electron chi connectivity index (χ1n) is 6.46. The minimum absolute atomic E-state index is 0.274. The minimum Gasteiger partial charge on any atom is -0.398 e. The van der Waals surface area contributed by atoms with Crippen molar-refractivity contribution in [2.45, 2.75) is 25.4 Å². The molecule has 0 aliphatic heterocycles. The summed E-state index contributed by atoms with van der Waals surface area (Å²) in [5.41, 5.74) is 7.72. The zero-order valence-electron chi connectivity index (χ0n) is 10.6. The molecule has 3 rings (SSSR count). The third-order valence-corrected chi connectivity index (χ3v) is 3.39. The highest BCUT2D eigenvalue weighted by molar-refractivity contribution is 5.51. The van der Waals surface area contributed by atoms with Gasteiger partial charge in [0.2, 0.25) is 0 Å². The number of nitrogens with two attached hydrogens (primary N) is 1. The Morgan fingerprint density at radius 2 is 2.00 bits per heavy atom. The Kier molecular flexibility index (Phi) is 3.07. The van der Waals surface area contributed by atoms with Crippen LogP contribution in [0.2, 0.25) is 0 Å². The molecule has 4 heteroatoms. The molecule has 19 heavy (non-hydrogen) atoms. The summed E-state index contributed by atoms with van der Waals surface area (Å²) in [4.78, 5) is 6.19. The molecule has 0 spiro atoms. The van der Waals surface area contributed by atoms with Gasteiger partial charge < -0.3 is 10.6 Å². The first-order chi connectivity index (χ1) is 9.25. The summed E-state index contributed by atoms with van der Waals surface area (Å²) in [7, 11) is 0. The summed E-state index contributed by atoms with van der Waals surface area (Å²) in [6.07, 6.45) is 3.80. The molecule has 1 aliphatic rings. The lowest BCUT2D eigenvalue weighted by molar-refractivity contribution is 0.606. The topological polar surface area (TPSA) is 42.1 Å². The molecule has 1 aliphatic carbocycles. The fraction of sp³-hybridized carbons (Fsp3) is 0.267. The lowest BCUT2D eigenvalue weighted by Crippen LogP contribution is -2.27. The minimum atomic E-state index is -0.274. The lowest BCUT2D eigenvalue weighted by Gasteiger charge is -2.24. The van der Waals surface area contributed by atoms with Gasteiger partial charge in [-0.1, -0.05) is 18.2 Å². The fourth-order valence-corrected chi connectivity index (χ4v) is 2.21. The number of halogens is 1. The van der Waals surface area contributed by atoms with Crippen molar-refractivity contribution in [2.75, 3.05) is 10.6 Å². The SMILES string of the molecule is Nc1ccccc1CN(c1ncccc1F)C1CC1. The zero-order valence-corrected chi connectivity index (χ0v) is 10.6. The van der Waals surface area contributed by atoms with Crippen molar-refractivity contribution in [3.63, 3.8) is 0 Å². The number of nitrogen functional groups attached to an aromatic ring is 1. The van der Waals surface area contributed by atoms with Gasteiger partial charge in [-0.25, -0.2) is 9.37 Å². The first kappa shape index (κ1) is 12.0. The summed E-state index contributed by atoms with van der Waals surface area (Å²) in [6, 6.07) is 11.1. The number of rotatable bonds is 4. The van der Waals surface area contributed by atoms with Crippen LogP contribution in [0.15, 0.2) is 42.6 Å². The second-order valence-electron chi connectivity index (χ2n) is 4.87. The van der Waals surface area contributed by atoms with Crippen molar-refractivity contribution in [1.82, 2.24) is 4.98 Å². The summed E-state index contributed by atoms with van der Waals surface area (Å²) in [5.74, 6) is 0.150. The second-order valence-corrected chi connectivity index (χ2v) is 4.87. The molecular formula is C15H16FN3. The normalized spacial score (nSPS) is 14.4. The molecule has 0 atom stereocenters. The number of aromatic nitrogens is 1. The molecule has 1 saturated carbocycles. The van der Waals surface area contributed by atoms with Gasteiger partial charge in [-0.2, -0.15) is 0 Å². The molecule has 0 unspecified atom stereocenters. The molecule has 1 aromatic heterocycles. The van der Waals surface area contributed by atoms with E-state index in [0.717, 1.165) is 24.1 Å². The fourth-order valence-electron chi connectivity index (χ4n) is 2.21. The standard InChI is InChI=1S/C15H16FN3/c16-13-5-3-9-18-15(13)19(12-7-8-12)10-11-4-1-2-6-14(11)17/h1-6,9,12H,7-8,10,17H2. The van der Waals surface area contributed by atoms with Gasteiger partial charge in [-0.3, -0.25) is 0 Å². The van der Waals surface area contributed by atoms with Crippen LogP contribution >= 0.6 is 0 Å². The Morgan fingerprint density at radius 1 is 1.21 bits per heavy atom. The average Bonchev–Trinajstić information content (AvgIpc) is 3.23. The van der Waals surface area contributed by atoms with Gasteiger partial charge in [0.15, 0.2) is 11.6 Å². The van der Waals surface area contributed by atoms with E-state index in [9.17, 15) is 4.39 Å². The molecule has 0 amide bonds. The molecule has 0 bridgehead atoms. The highest BCUT2D eigenvalue weighted by atomic mass is 19.1. The van der Waals surface area contributed by atoms with Crippen LogP contribution in [0.5, 0.6) is 0 Å². The highest BCUT2D eigenvalue weighted by Gasteiger charge is 2.31. The van der Waals surface area contributed by atoms with Crippen LogP contribution < -0.4 is 10.6 Å². The quantitative estimate of drug-likeness (QED) is 0.856. The average molecular weight is 257 g/mol. The van der Waals surface area contributed by atoms with Crippen molar-refractivity contribution in [3.05, 3.63) is 54.0 Å². The van der Waals surface area contributed by atoms with Gasteiger partial charge in [-0.15, -0.1) is 0 Å². The van der Waals surface area contributed by atoms with E-state index >= 15 is 0 Å². The number of pyridine rings is 1. The van der Waals surface area contributed by atoms with E-state index in [0.29, 0.717) is 18.4 Å². The molecule has 98 valence electrons. The molecule has 0 saturated heterocycles. The summed E-state index contributed by atoms with van der Waals surface area (Å²) >= 11 is 0. The smallest absolute Gasteiger partial charge is 0.165 e. The highest BCUT2D eigenvalue weighted by Crippen LogP contribution is 2.33. The van der Waals surface area contributed by atoms with Crippen LogP contribution in [0, 0.1) is 5.82 Å². The van der Waals surface area contributed by atoms with Gasteiger partial charge in [0, 0.05) is 24.5 Å². The Hall–Kier alpha value is -2.10. The molecule has 2 aromatic rings. The van der Waals surface area contributed by atoms with Crippen molar-refractivity contribution in [3.8, 4) is 0 Å². The maximum atomic E-state index is 13.9. The second kappa shape index (κ2) is 4.88. The van der Waals surface area contributed by atoms with Crippen LogP contribution in [0.4, 0.5) is 15.9 Å². The number of nitrogens with zero attached hydrogens (tertiary/aromatic N) is 2. The van der Waals surface area contributed by atoms with Gasteiger partial charge in [0.05, 0.1) is 0 Å². The number of benzene rings is 1. The van der Waals surface area contributed by atoms with Crippen LogP contribution in [0.3, 0.4) is 0 Å². The van der Waals surface area contributed by atoms with Crippen LogP contribution in [-0.4, -0.2) is 11.0 Å². The lowest BCUT2D eigenvalue weighted by atomic mass is 10.1. The van der Waals surface area contributed by atoms with E-state index in [1.807, 2.05) is 29.2 Å². The summed E-state index contributed by atoms with van der Waals surface area (Å²) in [6.45, 7) is 0.602. The van der Waals surface area contributed by atoms with Crippen molar-refractivity contribution < 1.29 is 4.39 Å². The first-order valence-corrected chi connectivity index (χ1v) is 6.46. The number of para-hydroxylation sites is 1. The third-order valence-electron chi connectivity index (χ3n) is 3.39. The van der Waals surface area contributed by atoms with Crippen molar-refractivity contribution in [1.29, 1.82) is 0 Å². The molecule has 1 aromatic carbocycles. The molecule has 1 fully saturated rings. The van der Waals surface area contributed by atoms with Crippen LogP contribution in [0.25, 0.3) is 0 Å². The van der Waals surface area contributed by atoms with E-state index < -0.39 is 0 Å². The van der Waals surface area contributed by atoms with E-state index in [4.69, 9.17) is 5.73 Å². The van der Waals surface area contributed by atoms with Gasteiger partial charge in [-0.05, 0) is 36.6 Å². The maximum absolute atomic E-state index is 13.9. The maximum Gasteiger partial charge on any atom is 0.165 e. The Balaban J connectivity index is 1.91. The predicted molar refractivity (Wildman–Crippen MR) is 74.3 cm³/mol. The number of hydrogen-bond donors (Lipinski definition) is 1. The molecule has 2 N–H and O–H groups in total. The third kappa shape index (κ3) is 2.52. The monoisotopic (exact) mass is 257 g/mol. The summed E-state index contributed by atoms with van der Waals surface area (Å²) < 4.78 is 13.9. The van der Waals surface area contributed by atoms with Crippen LogP contribution in [0.1, 0.15) is 18.4 Å². The molecular weight excluding hydrogens is 241 g/mol. The molecule has 1 heterocycles.